The molecule has 2 amide bonds. The Kier molecular flexibility index (Phi) is 5.70. The molecule has 26 heavy (non-hydrogen) atoms. The first-order valence-corrected chi connectivity index (χ1v) is 9.07. The van der Waals surface area contributed by atoms with Crippen molar-refractivity contribution in [3.63, 3.8) is 0 Å². The number of hydrogen-bond donors (Lipinski definition) is 2. The number of aromatic nitrogens is 2. The van der Waals surface area contributed by atoms with Gasteiger partial charge in [-0.25, -0.2) is 0 Å². The Balaban J connectivity index is 1.69. The molecule has 0 radical (unpaired) electrons. The van der Waals surface area contributed by atoms with E-state index in [0.717, 1.165) is 17.0 Å². The molecule has 0 fully saturated rings. The average molecular weight is 366 g/mol. The highest BCUT2D eigenvalue weighted by atomic mass is 32.1. The molecule has 0 aliphatic rings. The van der Waals surface area contributed by atoms with Crippen LogP contribution in [0.1, 0.15) is 30.1 Å². The number of amides is 2. The predicted octanol–water partition coefficient (Wildman–Crippen LogP) is 4.20. The Bertz CT molecular complexity index is 909. The van der Waals surface area contributed by atoms with E-state index in [0.29, 0.717) is 22.8 Å². The number of hydrogen-bond acceptors (Lipinski definition) is 5. The van der Waals surface area contributed by atoms with E-state index in [4.69, 9.17) is 0 Å². The summed E-state index contributed by atoms with van der Waals surface area (Å²) in [6.07, 6.45) is 1.22. The monoisotopic (exact) mass is 366 g/mol. The van der Waals surface area contributed by atoms with Gasteiger partial charge in [-0.3, -0.25) is 14.9 Å². The topological polar surface area (TPSA) is 84.0 Å². The summed E-state index contributed by atoms with van der Waals surface area (Å²) in [6, 6.07) is 16.5. The highest BCUT2D eigenvalue weighted by Gasteiger charge is 2.12. The third-order valence-electron chi connectivity index (χ3n) is 3.55. The minimum absolute atomic E-state index is 0.0679. The van der Waals surface area contributed by atoms with Crippen LogP contribution in [0.2, 0.25) is 0 Å². The van der Waals surface area contributed by atoms with Gasteiger partial charge in [0.1, 0.15) is 5.01 Å². The van der Waals surface area contributed by atoms with Crippen molar-refractivity contribution in [1.29, 1.82) is 0 Å². The van der Waals surface area contributed by atoms with Crippen LogP contribution in [0.15, 0.2) is 54.6 Å². The van der Waals surface area contributed by atoms with Gasteiger partial charge in [-0.15, -0.1) is 10.2 Å². The number of carbonyl (C=O) groups is 2. The van der Waals surface area contributed by atoms with E-state index >= 15 is 0 Å². The summed E-state index contributed by atoms with van der Waals surface area (Å²) in [6.45, 7) is 1.94. The SMILES string of the molecule is CCCC(=O)Nc1cccc(C(=O)Nc2nnc(-c3ccccc3)s2)c1. The van der Waals surface area contributed by atoms with Crippen molar-refractivity contribution in [3.8, 4) is 10.6 Å². The van der Waals surface area contributed by atoms with Crippen LogP contribution in [0.25, 0.3) is 10.6 Å². The van der Waals surface area contributed by atoms with Gasteiger partial charge in [-0.2, -0.15) is 0 Å². The zero-order valence-corrected chi connectivity index (χ0v) is 15.0. The van der Waals surface area contributed by atoms with Gasteiger partial charge in [0.25, 0.3) is 5.91 Å². The molecule has 132 valence electrons. The molecule has 7 heteroatoms. The molecule has 0 bridgehead atoms. The molecule has 2 aromatic carbocycles. The fourth-order valence-electron chi connectivity index (χ4n) is 2.33. The molecule has 0 atom stereocenters. The molecule has 1 heterocycles. The van der Waals surface area contributed by atoms with E-state index < -0.39 is 0 Å². The second-order valence-corrected chi connectivity index (χ2v) is 6.59. The second kappa shape index (κ2) is 8.35. The van der Waals surface area contributed by atoms with Crippen LogP contribution >= 0.6 is 11.3 Å². The van der Waals surface area contributed by atoms with Crippen LogP contribution in [0.5, 0.6) is 0 Å². The second-order valence-electron chi connectivity index (χ2n) is 5.61. The zero-order valence-electron chi connectivity index (χ0n) is 14.2. The molecule has 0 spiro atoms. The normalized spacial score (nSPS) is 10.3. The van der Waals surface area contributed by atoms with Crippen molar-refractivity contribution in [2.24, 2.45) is 0 Å². The van der Waals surface area contributed by atoms with Gasteiger partial charge in [-0.05, 0) is 24.6 Å². The fraction of sp³-hybridized carbons (Fsp3) is 0.158. The molecule has 0 saturated heterocycles. The molecule has 0 aliphatic carbocycles. The first kappa shape index (κ1) is 17.8. The molecule has 0 aliphatic heterocycles. The fourth-order valence-corrected chi connectivity index (χ4v) is 3.07. The molecule has 6 nitrogen and oxygen atoms in total. The van der Waals surface area contributed by atoms with Crippen LogP contribution in [-0.2, 0) is 4.79 Å². The number of nitrogens with zero attached hydrogens (tertiary/aromatic N) is 2. The maximum absolute atomic E-state index is 12.4. The van der Waals surface area contributed by atoms with Crippen LogP contribution in [-0.4, -0.2) is 22.0 Å². The summed E-state index contributed by atoms with van der Waals surface area (Å²) < 4.78 is 0. The minimum Gasteiger partial charge on any atom is -0.326 e. The van der Waals surface area contributed by atoms with Gasteiger partial charge in [-0.1, -0.05) is 54.7 Å². The van der Waals surface area contributed by atoms with Crippen LogP contribution in [0.3, 0.4) is 0 Å². The van der Waals surface area contributed by atoms with Gasteiger partial charge in [0.05, 0.1) is 0 Å². The number of anilines is 2. The Morgan fingerprint density at radius 2 is 1.81 bits per heavy atom. The van der Waals surface area contributed by atoms with Crippen molar-refractivity contribution in [2.75, 3.05) is 10.6 Å². The Hall–Kier alpha value is -3.06. The number of carbonyl (C=O) groups excluding carboxylic acids is 2. The molecule has 2 N–H and O–H groups in total. The first-order chi connectivity index (χ1) is 12.7. The standard InChI is InChI=1S/C19H18N4O2S/c1-2-7-16(24)20-15-11-6-10-14(12-15)17(25)21-19-23-22-18(26-19)13-8-4-3-5-9-13/h3-6,8-12H,2,7H2,1H3,(H,20,24)(H,21,23,25). The Morgan fingerprint density at radius 3 is 2.58 bits per heavy atom. The molecular formula is C19H18N4O2S. The predicted molar refractivity (Wildman–Crippen MR) is 103 cm³/mol. The highest BCUT2D eigenvalue weighted by Crippen LogP contribution is 2.26. The lowest BCUT2D eigenvalue weighted by Crippen LogP contribution is -2.14. The Labute approximate surface area is 155 Å². The van der Waals surface area contributed by atoms with E-state index in [9.17, 15) is 9.59 Å². The summed E-state index contributed by atoms with van der Waals surface area (Å²) in [4.78, 5) is 24.1. The van der Waals surface area contributed by atoms with Crippen LogP contribution in [0, 0.1) is 0 Å². The zero-order chi connectivity index (χ0) is 18.4. The largest absolute Gasteiger partial charge is 0.326 e. The molecule has 3 aromatic rings. The maximum atomic E-state index is 12.4. The number of benzene rings is 2. The first-order valence-electron chi connectivity index (χ1n) is 8.26. The Morgan fingerprint density at radius 1 is 1.00 bits per heavy atom. The lowest BCUT2D eigenvalue weighted by atomic mass is 10.2. The number of rotatable bonds is 6. The average Bonchev–Trinajstić information content (AvgIpc) is 3.11. The third kappa shape index (κ3) is 4.52. The van der Waals surface area contributed by atoms with Crippen LogP contribution < -0.4 is 10.6 Å². The van der Waals surface area contributed by atoms with Gasteiger partial charge >= 0.3 is 0 Å². The van der Waals surface area contributed by atoms with E-state index in [1.807, 2.05) is 37.3 Å². The summed E-state index contributed by atoms with van der Waals surface area (Å²) in [5, 5.41) is 14.8. The van der Waals surface area contributed by atoms with Crippen molar-refractivity contribution >= 4 is 34.0 Å². The quantitative estimate of drug-likeness (QED) is 0.685. The summed E-state index contributed by atoms with van der Waals surface area (Å²) >= 11 is 1.31. The van der Waals surface area contributed by atoms with E-state index in [1.165, 1.54) is 11.3 Å². The third-order valence-corrected chi connectivity index (χ3v) is 4.44. The maximum Gasteiger partial charge on any atom is 0.257 e. The lowest BCUT2D eigenvalue weighted by Gasteiger charge is -2.06. The van der Waals surface area contributed by atoms with E-state index in [1.54, 1.807) is 24.3 Å². The van der Waals surface area contributed by atoms with Gasteiger partial charge < -0.3 is 5.32 Å². The minimum atomic E-state index is -0.299. The summed E-state index contributed by atoms with van der Waals surface area (Å²) in [5.41, 5.74) is 1.99. The highest BCUT2D eigenvalue weighted by molar-refractivity contribution is 7.18. The van der Waals surface area contributed by atoms with Crippen molar-refractivity contribution < 1.29 is 9.59 Å². The van der Waals surface area contributed by atoms with Crippen molar-refractivity contribution in [1.82, 2.24) is 10.2 Å². The molecule has 0 saturated carbocycles. The van der Waals surface area contributed by atoms with Gasteiger partial charge in [0.2, 0.25) is 11.0 Å². The number of nitrogens with one attached hydrogen (secondary N) is 2. The van der Waals surface area contributed by atoms with Crippen molar-refractivity contribution in [2.45, 2.75) is 19.8 Å². The van der Waals surface area contributed by atoms with Crippen molar-refractivity contribution in [3.05, 3.63) is 60.2 Å². The van der Waals surface area contributed by atoms with E-state index in [-0.39, 0.29) is 11.8 Å². The smallest absolute Gasteiger partial charge is 0.257 e. The van der Waals surface area contributed by atoms with Gasteiger partial charge in [0.15, 0.2) is 0 Å². The van der Waals surface area contributed by atoms with Crippen LogP contribution in [0.4, 0.5) is 10.8 Å². The molecule has 1 aromatic heterocycles. The molecular weight excluding hydrogens is 348 g/mol. The van der Waals surface area contributed by atoms with Gasteiger partial charge in [0, 0.05) is 23.2 Å². The van der Waals surface area contributed by atoms with E-state index in [2.05, 4.69) is 20.8 Å². The lowest BCUT2D eigenvalue weighted by molar-refractivity contribution is -0.116. The summed E-state index contributed by atoms with van der Waals surface area (Å²) in [5.74, 6) is -0.367. The summed E-state index contributed by atoms with van der Waals surface area (Å²) in [7, 11) is 0. The molecule has 0 unspecified atom stereocenters. The molecule has 3 rings (SSSR count).